The molecule has 4 rings (SSSR count). The van der Waals surface area contributed by atoms with Crippen LogP contribution in [0.25, 0.3) is 0 Å². The fraction of sp³-hybridized carbons (Fsp3) is 0.600. The van der Waals surface area contributed by atoms with Gasteiger partial charge in [-0.15, -0.1) is 0 Å². The van der Waals surface area contributed by atoms with E-state index in [0.717, 1.165) is 31.4 Å². The number of carbonyl (C=O) groups excluding carboxylic acids is 3. The predicted octanol–water partition coefficient (Wildman–Crippen LogP) is 1.89. The van der Waals surface area contributed by atoms with Gasteiger partial charge in [-0.2, -0.15) is 5.26 Å². The molecule has 0 N–H and O–H groups in total. The van der Waals surface area contributed by atoms with Crippen molar-refractivity contribution in [1.82, 2.24) is 19.6 Å². The fourth-order valence-corrected chi connectivity index (χ4v) is 5.60. The van der Waals surface area contributed by atoms with E-state index in [1.165, 1.54) is 0 Å². The van der Waals surface area contributed by atoms with E-state index in [0.29, 0.717) is 18.7 Å². The Morgan fingerprint density at radius 1 is 1.21 bits per heavy atom. The summed E-state index contributed by atoms with van der Waals surface area (Å²) >= 11 is 0. The maximum Gasteiger partial charge on any atom is 0.253 e. The van der Waals surface area contributed by atoms with Crippen LogP contribution in [0.3, 0.4) is 0 Å². The third-order valence-corrected chi connectivity index (χ3v) is 7.39. The average Bonchev–Trinajstić information content (AvgIpc) is 3.52. The van der Waals surface area contributed by atoms with Crippen molar-refractivity contribution in [3.8, 4) is 6.07 Å². The second kappa shape index (κ2) is 9.14. The summed E-state index contributed by atoms with van der Waals surface area (Å²) in [6.45, 7) is 5.90. The zero-order valence-electron chi connectivity index (χ0n) is 19.9. The lowest BCUT2D eigenvalue weighted by atomic mass is 10.0. The van der Waals surface area contributed by atoms with Gasteiger partial charge in [0.15, 0.2) is 0 Å². The molecule has 2 bridgehead atoms. The number of amides is 3. The van der Waals surface area contributed by atoms with Crippen molar-refractivity contribution < 1.29 is 14.4 Å². The largest absolute Gasteiger partial charge is 0.345 e. The van der Waals surface area contributed by atoms with Crippen LogP contribution in [-0.2, 0) is 9.59 Å². The molecule has 3 fully saturated rings. The first kappa shape index (κ1) is 23.2. The van der Waals surface area contributed by atoms with Crippen molar-refractivity contribution in [2.75, 3.05) is 33.7 Å². The topological polar surface area (TPSA) is 88.0 Å². The van der Waals surface area contributed by atoms with E-state index in [1.807, 2.05) is 43.0 Å². The Hall–Kier alpha value is -2.92. The Bertz CT molecular complexity index is 969. The summed E-state index contributed by atoms with van der Waals surface area (Å²) in [5, 5.41) is 9.29. The maximum absolute atomic E-state index is 13.2. The number of hydrogen-bond acceptors (Lipinski definition) is 5. The van der Waals surface area contributed by atoms with Crippen molar-refractivity contribution in [2.45, 2.75) is 57.3 Å². The SMILES string of the molecule is C[C@@H](CN1C[C@@H]2C[C@H]1C(=O)N2[C@@H](C)c1ccc(C(=O)N(C)C)cc1)C(=O)N1CCC[C@H]1C#N. The van der Waals surface area contributed by atoms with Crippen LogP contribution in [0.2, 0.25) is 0 Å². The summed E-state index contributed by atoms with van der Waals surface area (Å²) in [5.41, 5.74) is 1.64. The first-order chi connectivity index (χ1) is 15.7. The first-order valence-corrected chi connectivity index (χ1v) is 11.8. The monoisotopic (exact) mass is 451 g/mol. The zero-order valence-corrected chi connectivity index (χ0v) is 19.9. The van der Waals surface area contributed by atoms with E-state index in [9.17, 15) is 19.6 Å². The minimum Gasteiger partial charge on any atom is -0.345 e. The Balaban J connectivity index is 1.38. The van der Waals surface area contributed by atoms with Gasteiger partial charge in [-0.1, -0.05) is 19.1 Å². The molecule has 1 aromatic rings. The third kappa shape index (κ3) is 4.22. The van der Waals surface area contributed by atoms with E-state index in [2.05, 4.69) is 11.0 Å². The summed E-state index contributed by atoms with van der Waals surface area (Å²) in [4.78, 5) is 45.7. The molecule has 176 valence electrons. The van der Waals surface area contributed by atoms with Gasteiger partial charge in [0.05, 0.1) is 18.2 Å². The third-order valence-electron chi connectivity index (χ3n) is 7.39. The van der Waals surface area contributed by atoms with Crippen LogP contribution in [0, 0.1) is 17.2 Å². The lowest BCUT2D eigenvalue weighted by Gasteiger charge is -2.38. The maximum atomic E-state index is 13.2. The number of likely N-dealkylation sites (tertiary alicyclic amines) is 3. The quantitative estimate of drug-likeness (QED) is 0.659. The molecule has 3 amide bonds. The van der Waals surface area contributed by atoms with Gasteiger partial charge in [0.1, 0.15) is 6.04 Å². The molecule has 0 radical (unpaired) electrons. The molecule has 8 heteroatoms. The molecule has 0 spiro atoms. The van der Waals surface area contributed by atoms with Gasteiger partial charge >= 0.3 is 0 Å². The number of hydrogen-bond donors (Lipinski definition) is 0. The van der Waals surface area contributed by atoms with Crippen LogP contribution in [0.1, 0.15) is 55.1 Å². The number of nitrogens with zero attached hydrogens (tertiary/aromatic N) is 5. The molecule has 3 heterocycles. The molecule has 3 aliphatic rings. The molecule has 0 saturated carbocycles. The van der Waals surface area contributed by atoms with Crippen molar-refractivity contribution in [3.05, 3.63) is 35.4 Å². The Morgan fingerprint density at radius 3 is 2.52 bits per heavy atom. The van der Waals surface area contributed by atoms with Gasteiger partial charge in [0.25, 0.3) is 5.91 Å². The van der Waals surface area contributed by atoms with Gasteiger partial charge in [0.2, 0.25) is 11.8 Å². The van der Waals surface area contributed by atoms with Gasteiger partial charge in [-0.3, -0.25) is 19.3 Å². The molecule has 33 heavy (non-hydrogen) atoms. The van der Waals surface area contributed by atoms with E-state index >= 15 is 0 Å². The van der Waals surface area contributed by atoms with Crippen LogP contribution in [0.15, 0.2) is 24.3 Å². The van der Waals surface area contributed by atoms with E-state index in [1.54, 1.807) is 23.9 Å². The number of nitriles is 1. The molecule has 0 aromatic heterocycles. The molecule has 3 aliphatic heterocycles. The highest BCUT2D eigenvalue weighted by Crippen LogP contribution is 2.38. The molecule has 0 aliphatic carbocycles. The minimum absolute atomic E-state index is 0.0202. The molecule has 1 aromatic carbocycles. The van der Waals surface area contributed by atoms with Crippen LogP contribution in [0.4, 0.5) is 0 Å². The van der Waals surface area contributed by atoms with Gasteiger partial charge in [-0.25, -0.2) is 0 Å². The van der Waals surface area contributed by atoms with Crippen molar-refractivity contribution >= 4 is 17.7 Å². The highest BCUT2D eigenvalue weighted by atomic mass is 16.2. The van der Waals surface area contributed by atoms with Gasteiger partial charge < -0.3 is 14.7 Å². The van der Waals surface area contributed by atoms with Crippen LogP contribution in [0.5, 0.6) is 0 Å². The summed E-state index contributed by atoms with van der Waals surface area (Å²) in [6, 6.07) is 9.29. The number of piperazine rings is 1. The summed E-state index contributed by atoms with van der Waals surface area (Å²) < 4.78 is 0. The predicted molar refractivity (Wildman–Crippen MR) is 123 cm³/mol. The Kier molecular flexibility index (Phi) is 6.44. The van der Waals surface area contributed by atoms with Crippen molar-refractivity contribution in [2.24, 2.45) is 5.92 Å². The van der Waals surface area contributed by atoms with Gasteiger partial charge in [-0.05, 0) is 43.9 Å². The number of carbonyl (C=O) groups is 3. The van der Waals surface area contributed by atoms with E-state index < -0.39 is 0 Å². The van der Waals surface area contributed by atoms with Crippen LogP contribution >= 0.6 is 0 Å². The molecular weight excluding hydrogens is 418 g/mol. The van der Waals surface area contributed by atoms with Crippen molar-refractivity contribution in [3.63, 3.8) is 0 Å². The number of fused-ring (bicyclic) bond motifs is 2. The molecule has 0 unspecified atom stereocenters. The highest BCUT2D eigenvalue weighted by molar-refractivity contribution is 5.94. The second-order valence-electron chi connectivity index (χ2n) is 9.82. The van der Waals surface area contributed by atoms with E-state index in [4.69, 9.17) is 0 Å². The number of benzene rings is 1. The summed E-state index contributed by atoms with van der Waals surface area (Å²) in [6.07, 6.45) is 2.41. The lowest BCUT2D eigenvalue weighted by Crippen LogP contribution is -2.53. The average molecular weight is 452 g/mol. The van der Waals surface area contributed by atoms with Gasteiger partial charge in [0, 0.05) is 51.3 Å². The number of rotatable bonds is 6. The molecule has 5 atom stereocenters. The van der Waals surface area contributed by atoms with Crippen molar-refractivity contribution in [1.29, 1.82) is 5.26 Å². The Labute approximate surface area is 195 Å². The summed E-state index contributed by atoms with van der Waals surface area (Å²) in [7, 11) is 3.46. The molecule has 8 nitrogen and oxygen atoms in total. The normalized spacial score (nSPS) is 26.4. The van der Waals surface area contributed by atoms with Crippen LogP contribution in [-0.4, -0.2) is 89.2 Å². The standard InChI is InChI=1S/C25H33N5O3/c1-16(23(31)29-11-5-6-20(29)13-26)14-28-15-21-12-22(28)25(33)30(21)17(2)18-7-9-19(10-8-18)24(32)27(3)4/h7-10,16-17,20-22H,5-6,11-12,14-15H2,1-4H3/t16-,17-,20-,21-,22-/m0/s1. The Morgan fingerprint density at radius 2 is 1.91 bits per heavy atom. The smallest absolute Gasteiger partial charge is 0.253 e. The molecule has 3 saturated heterocycles. The zero-order chi connectivity index (χ0) is 23.9. The fourth-order valence-electron chi connectivity index (χ4n) is 5.60. The second-order valence-corrected chi connectivity index (χ2v) is 9.82. The molecular formula is C25H33N5O3. The minimum atomic E-state index is -0.313. The van der Waals surface area contributed by atoms with E-state index in [-0.39, 0.29) is 47.8 Å². The first-order valence-electron chi connectivity index (χ1n) is 11.8. The van der Waals surface area contributed by atoms with Crippen LogP contribution < -0.4 is 0 Å². The lowest BCUT2D eigenvalue weighted by molar-refractivity contribution is -0.142. The summed E-state index contributed by atoms with van der Waals surface area (Å²) in [5.74, 6) is -0.145. The highest BCUT2D eigenvalue weighted by Gasteiger charge is 2.51.